The Labute approximate surface area is 138 Å². The zero-order valence-electron chi connectivity index (χ0n) is 11.0. The molecule has 0 bridgehead atoms. The molecule has 8 heteroatoms. The van der Waals surface area contributed by atoms with Gasteiger partial charge in [-0.05, 0) is 30.9 Å². The highest BCUT2D eigenvalue weighted by molar-refractivity contribution is 8.13. The van der Waals surface area contributed by atoms with Crippen LogP contribution in [-0.2, 0) is 9.05 Å². The van der Waals surface area contributed by atoms with Gasteiger partial charge in [0.1, 0.15) is 4.90 Å². The number of amides is 1. The van der Waals surface area contributed by atoms with E-state index in [1.807, 2.05) is 0 Å². The normalized spacial score (nSPS) is 16.1. The summed E-state index contributed by atoms with van der Waals surface area (Å²) in [4.78, 5) is 11.7. The zero-order chi connectivity index (χ0) is 15.6. The highest BCUT2D eigenvalue weighted by atomic mass is 35.7. The van der Waals surface area contributed by atoms with Gasteiger partial charge in [-0.25, -0.2) is 8.42 Å². The summed E-state index contributed by atoms with van der Waals surface area (Å²) >= 11 is 11.7. The lowest BCUT2D eigenvalue weighted by Crippen LogP contribution is -2.28. The second-order valence-electron chi connectivity index (χ2n) is 5.07. The van der Waals surface area contributed by atoms with E-state index in [0.29, 0.717) is 12.5 Å². The van der Waals surface area contributed by atoms with Crippen molar-refractivity contribution < 1.29 is 13.2 Å². The van der Waals surface area contributed by atoms with Gasteiger partial charge in [0.15, 0.2) is 0 Å². The molecule has 0 aliphatic heterocycles. The van der Waals surface area contributed by atoms with Crippen LogP contribution in [0, 0.1) is 5.92 Å². The highest BCUT2D eigenvalue weighted by Gasteiger charge is 2.22. The number of carbonyl (C=O) groups is 1. The molecule has 1 saturated carbocycles. The van der Waals surface area contributed by atoms with Gasteiger partial charge in [0.25, 0.3) is 15.0 Å². The molecule has 21 heavy (non-hydrogen) atoms. The summed E-state index contributed by atoms with van der Waals surface area (Å²) in [5.74, 6) is 0.0926. The third-order valence-electron chi connectivity index (χ3n) is 3.55. The fourth-order valence-corrected chi connectivity index (χ4v) is 4.19. The Bertz CT molecular complexity index is 655. The molecule has 0 radical (unpaired) electrons. The van der Waals surface area contributed by atoms with Gasteiger partial charge in [-0.2, -0.15) is 0 Å². The third kappa shape index (κ3) is 4.25. The van der Waals surface area contributed by atoms with Gasteiger partial charge in [0.2, 0.25) is 0 Å². The molecule has 0 atom stereocenters. The van der Waals surface area contributed by atoms with Gasteiger partial charge >= 0.3 is 0 Å². The fourth-order valence-electron chi connectivity index (χ4n) is 2.43. The van der Waals surface area contributed by atoms with Crippen LogP contribution < -0.4 is 5.32 Å². The van der Waals surface area contributed by atoms with Crippen molar-refractivity contribution in [2.75, 3.05) is 6.54 Å². The van der Waals surface area contributed by atoms with E-state index in [1.54, 1.807) is 0 Å². The van der Waals surface area contributed by atoms with Crippen LogP contribution in [-0.4, -0.2) is 20.9 Å². The van der Waals surface area contributed by atoms with Gasteiger partial charge in [0, 0.05) is 22.8 Å². The first-order valence-corrected chi connectivity index (χ1v) is 9.57. The molecule has 0 unspecified atom stereocenters. The fraction of sp³-hybridized carbons (Fsp3) is 0.462. The van der Waals surface area contributed by atoms with Crippen LogP contribution in [0.1, 0.15) is 36.0 Å². The average Bonchev–Trinajstić information content (AvgIpc) is 2.90. The Balaban J connectivity index is 2.19. The Hall–Kier alpha value is -0.490. The van der Waals surface area contributed by atoms with Crippen molar-refractivity contribution in [3.8, 4) is 0 Å². The van der Waals surface area contributed by atoms with Gasteiger partial charge < -0.3 is 5.32 Å². The molecule has 2 rings (SSSR count). The monoisotopic (exact) mass is 369 g/mol. The Morgan fingerprint density at radius 1 is 1.24 bits per heavy atom. The number of carbonyl (C=O) groups excluding carboxylic acids is 1. The van der Waals surface area contributed by atoms with Gasteiger partial charge in [-0.15, -0.1) is 0 Å². The number of benzene rings is 1. The first kappa shape index (κ1) is 16.9. The minimum atomic E-state index is -4.07. The van der Waals surface area contributed by atoms with Crippen molar-refractivity contribution in [1.29, 1.82) is 0 Å². The lowest BCUT2D eigenvalue weighted by Gasteiger charge is -2.12. The van der Waals surface area contributed by atoms with Crippen LogP contribution in [0.15, 0.2) is 17.0 Å². The number of rotatable bonds is 4. The van der Waals surface area contributed by atoms with Gasteiger partial charge in [0.05, 0.1) is 10.0 Å². The first-order chi connectivity index (χ1) is 9.79. The number of halogens is 3. The predicted octanol–water partition coefficient (Wildman–Crippen LogP) is 3.84. The second-order valence-corrected chi connectivity index (χ2v) is 8.39. The van der Waals surface area contributed by atoms with E-state index in [2.05, 4.69) is 5.32 Å². The molecular formula is C13H14Cl3NO3S. The molecule has 1 aliphatic rings. The summed E-state index contributed by atoms with van der Waals surface area (Å²) in [6.07, 6.45) is 4.57. The summed E-state index contributed by atoms with van der Waals surface area (Å²) in [7, 11) is 1.22. The predicted molar refractivity (Wildman–Crippen MR) is 83.8 cm³/mol. The van der Waals surface area contributed by atoms with E-state index in [0.717, 1.165) is 18.9 Å². The van der Waals surface area contributed by atoms with Crippen LogP contribution in [0.25, 0.3) is 0 Å². The van der Waals surface area contributed by atoms with Crippen molar-refractivity contribution in [3.63, 3.8) is 0 Å². The van der Waals surface area contributed by atoms with E-state index >= 15 is 0 Å². The highest BCUT2D eigenvalue weighted by Crippen LogP contribution is 2.32. The van der Waals surface area contributed by atoms with E-state index in [1.165, 1.54) is 18.9 Å². The van der Waals surface area contributed by atoms with E-state index < -0.39 is 9.05 Å². The lowest BCUT2D eigenvalue weighted by atomic mass is 10.1. The maximum Gasteiger partial charge on any atom is 0.262 e. The quantitative estimate of drug-likeness (QED) is 0.819. The SMILES string of the molecule is O=C(NCC1CCCC1)c1cc(Cl)c(Cl)c(S(=O)(=O)Cl)c1. The van der Waals surface area contributed by atoms with Crippen molar-refractivity contribution in [1.82, 2.24) is 5.32 Å². The van der Waals surface area contributed by atoms with Crippen molar-refractivity contribution in [2.45, 2.75) is 30.6 Å². The average molecular weight is 371 g/mol. The van der Waals surface area contributed by atoms with Crippen LogP contribution >= 0.6 is 33.9 Å². The Kier molecular flexibility index (Phi) is 5.41. The molecule has 4 nitrogen and oxygen atoms in total. The van der Waals surface area contributed by atoms with Crippen LogP contribution in [0.3, 0.4) is 0 Å². The minimum Gasteiger partial charge on any atom is -0.352 e. The summed E-state index contributed by atoms with van der Waals surface area (Å²) in [6.45, 7) is 0.571. The van der Waals surface area contributed by atoms with Crippen molar-refractivity contribution >= 4 is 48.8 Å². The molecule has 0 spiro atoms. The molecule has 116 valence electrons. The number of hydrogen-bond acceptors (Lipinski definition) is 3. The first-order valence-electron chi connectivity index (χ1n) is 6.51. The summed E-state index contributed by atoms with van der Waals surface area (Å²) in [5.41, 5.74) is 0.127. The molecular weight excluding hydrogens is 357 g/mol. The Morgan fingerprint density at radius 3 is 2.43 bits per heavy atom. The van der Waals surface area contributed by atoms with Crippen LogP contribution in [0.5, 0.6) is 0 Å². The lowest BCUT2D eigenvalue weighted by molar-refractivity contribution is 0.0947. The van der Waals surface area contributed by atoms with E-state index in [4.69, 9.17) is 33.9 Å². The van der Waals surface area contributed by atoms with Crippen LogP contribution in [0.2, 0.25) is 10.0 Å². The largest absolute Gasteiger partial charge is 0.352 e. The maximum atomic E-state index is 12.1. The second kappa shape index (κ2) is 6.73. The molecule has 0 heterocycles. The van der Waals surface area contributed by atoms with E-state index in [-0.39, 0.29) is 26.4 Å². The van der Waals surface area contributed by atoms with Crippen molar-refractivity contribution in [3.05, 3.63) is 27.7 Å². The molecule has 1 aromatic carbocycles. The Morgan fingerprint density at radius 2 is 1.86 bits per heavy atom. The van der Waals surface area contributed by atoms with Gasteiger partial charge in [-0.3, -0.25) is 4.79 Å². The van der Waals surface area contributed by atoms with Crippen molar-refractivity contribution in [2.24, 2.45) is 5.92 Å². The molecule has 1 N–H and O–H groups in total. The summed E-state index contributed by atoms with van der Waals surface area (Å²) in [5, 5.41) is 2.58. The topological polar surface area (TPSA) is 63.2 Å². The molecule has 1 aromatic rings. The minimum absolute atomic E-state index is 0.0237. The summed E-state index contributed by atoms with van der Waals surface area (Å²) in [6, 6.07) is 2.47. The molecule has 1 amide bonds. The molecule has 1 aliphatic carbocycles. The van der Waals surface area contributed by atoms with E-state index in [9.17, 15) is 13.2 Å². The number of hydrogen-bond donors (Lipinski definition) is 1. The molecule has 0 saturated heterocycles. The molecule has 0 aromatic heterocycles. The van der Waals surface area contributed by atoms with Gasteiger partial charge in [-0.1, -0.05) is 36.0 Å². The third-order valence-corrected chi connectivity index (χ3v) is 5.81. The zero-order valence-corrected chi connectivity index (χ0v) is 14.1. The van der Waals surface area contributed by atoms with Crippen LogP contribution in [0.4, 0.5) is 0 Å². The maximum absolute atomic E-state index is 12.1. The number of nitrogens with one attached hydrogen (secondary N) is 1. The smallest absolute Gasteiger partial charge is 0.262 e. The standard InChI is InChI=1S/C13H14Cl3NO3S/c14-10-5-9(6-11(12(10)15)21(16,19)20)13(18)17-7-8-3-1-2-4-8/h5-6,8H,1-4,7H2,(H,17,18). The molecule has 1 fully saturated rings. The summed E-state index contributed by atoms with van der Waals surface area (Å²) < 4.78 is 22.9.